The molecule has 2 aliphatic rings. The smallest absolute Gasteiger partial charge is 0.537 e. The minimum Gasteiger partial charge on any atom is -0.537 e. The summed E-state index contributed by atoms with van der Waals surface area (Å²) in [6.07, 6.45) is 0. The number of carbonyl (C=O) groups is 2. The molecule has 16 heteroatoms. The van der Waals surface area contributed by atoms with Gasteiger partial charge < -0.3 is 42.1 Å². The van der Waals surface area contributed by atoms with Crippen molar-refractivity contribution < 1.29 is 43.2 Å². The predicted octanol–water partition coefficient (Wildman–Crippen LogP) is 27.0. The maximum absolute atomic E-state index is 11.8. The second-order valence-corrected chi connectivity index (χ2v) is 36.4. The number of hydrogen-bond acceptors (Lipinski definition) is 8. The molecule has 0 amide bonds. The monoisotopic (exact) mass is 1810 g/mol. The third-order valence-corrected chi connectivity index (χ3v) is 26.4. The first-order valence-corrected chi connectivity index (χ1v) is 45.4. The van der Waals surface area contributed by atoms with Gasteiger partial charge >= 0.3 is 26.5 Å². The number of carbonyl (C=O) groups excluding carboxylic acids is 2. The molecule has 13 nitrogen and oxygen atoms in total. The summed E-state index contributed by atoms with van der Waals surface area (Å²) in [6.45, 7) is 16.0. The number of halogens is 1. The zero-order valence-corrected chi connectivity index (χ0v) is 78.3. The summed E-state index contributed by atoms with van der Waals surface area (Å²) in [5.41, 5.74) is 29.8. The molecule has 0 saturated carbocycles. The summed E-state index contributed by atoms with van der Waals surface area (Å²) in [5.74, 6) is 2.29. The third kappa shape index (κ3) is 17.3. The van der Waals surface area contributed by atoms with E-state index in [0.717, 1.165) is 82.1 Å². The van der Waals surface area contributed by atoms with Crippen molar-refractivity contribution in [2.75, 3.05) is 0 Å². The predicted molar refractivity (Wildman–Crippen MR) is 559 cm³/mol. The molecule has 0 spiro atoms. The number of nitrogens with one attached hydrogen (secondary N) is 4. The molecule has 0 fully saturated rings. The van der Waals surface area contributed by atoms with Gasteiger partial charge in [0, 0.05) is 130 Å². The molecule has 1 radical (unpaired) electrons. The number of benzene rings is 17. The number of aromatic amines is 4. The number of aliphatic hydroxyl groups is 1. The van der Waals surface area contributed by atoms with Gasteiger partial charge in [-0.3, -0.25) is 14.2 Å². The zero-order chi connectivity index (χ0) is 91.4. The van der Waals surface area contributed by atoms with E-state index in [1.807, 2.05) is 135 Å². The van der Waals surface area contributed by atoms with E-state index >= 15 is 0 Å². The van der Waals surface area contributed by atoms with Crippen LogP contribution in [-0.2, 0) is 16.4 Å². The van der Waals surface area contributed by atoms with E-state index in [4.69, 9.17) is 24.6 Å². The number of para-hydroxylation sites is 6. The summed E-state index contributed by atoms with van der Waals surface area (Å²) >= 11 is 3.47. The maximum Gasteiger partial charge on any atom is 1.00 e. The first-order valence-electron chi connectivity index (χ1n) is 44.6. The van der Waals surface area contributed by atoms with Crippen LogP contribution in [0, 0.1) is 7.43 Å². The largest absolute Gasteiger partial charge is 1.00 e. The summed E-state index contributed by atoms with van der Waals surface area (Å²) in [7, 11) is 0.557. The van der Waals surface area contributed by atoms with Gasteiger partial charge in [-0.1, -0.05) is 335 Å². The molecule has 0 atom stereocenters. The Morgan fingerprint density at radius 1 is 0.341 bits per heavy atom. The van der Waals surface area contributed by atoms with E-state index < -0.39 is 5.60 Å². The van der Waals surface area contributed by atoms with E-state index in [1.54, 1.807) is 31.2 Å². The molecule has 23 aromatic rings. The molecule has 2 aliphatic carbocycles. The normalized spacial score (nSPS) is 12.3. The van der Waals surface area contributed by atoms with Gasteiger partial charge in [-0.15, -0.1) is 0 Å². The van der Waals surface area contributed by atoms with Gasteiger partial charge in [0.1, 0.15) is 5.75 Å². The Morgan fingerprint density at radius 3 is 1.22 bits per heavy atom. The van der Waals surface area contributed by atoms with Gasteiger partial charge in [-0.2, -0.15) is 9.97 Å². The van der Waals surface area contributed by atoms with Crippen LogP contribution in [-0.4, -0.2) is 68.8 Å². The molecular formula is C119H96BBrLiN8O5. The Kier molecular flexibility index (Phi) is 25.2. The van der Waals surface area contributed by atoms with E-state index in [1.165, 1.54) is 127 Å². The molecule has 6 heterocycles. The number of H-pyrrole nitrogens is 4. The summed E-state index contributed by atoms with van der Waals surface area (Å²) < 4.78 is 8.02. The molecule has 0 bridgehead atoms. The van der Waals surface area contributed by atoms with Gasteiger partial charge in [0.15, 0.2) is 23.2 Å². The fourth-order valence-corrected chi connectivity index (χ4v) is 19.8. The van der Waals surface area contributed by atoms with Crippen LogP contribution in [0.3, 0.4) is 0 Å². The number of Topliss-reactive ketones (excluding diaryl/α,β-unsaturated/α-hetero) is 2. The SMILES string of the molecule is Brc1ccc2c(c1)[nH]c1ccccc12.CC(=O)c1ccccc1-c1ccc2c(c1)[nH]c1ccccc12.CC(=O)c1ccccc1O[B]O.CC(C)(O)c1ccccc1-c1ccc2c(c1)[nH]c1ccccc12.CC1(C)c2ccccc2-c2cc3[nH]c4ccccc4c3cc21.CC1(C)c2ccccc2-c2cc3c(cc21)c1ccccc1n3-c1nc(-c2ccccc2)nc(-c2ccccc2)n1.[CH3-].[Li+]. The molecule has 25 rings (SSSR count). The maximum atomic E-state index is 11.8. The van der Waals surface area contributed by atoms with Crippen LogP contribution in [0.5, 0.6) is 5.75 Å². The van der Waals surface area contributed by atoms with Crippen LogP contribution in [0.4, 0.5) is 0 Å². The number of nitrogens with zero attached hydrogens (tertiary/aromatic N) is 4. The van der Waals surface area contributed by atoms with Crippen LogP contribution in [0.1, 0.15) is 104 Å². The van der Waals surface area contributed by atoms with E-state index in [-0.39, 0.29) is 48.7 Å². The van der Waals surface area contributed by atoms with Gasteiger partial charge in [0.2, 0.25) is 5.95 Å². The Balaban J connectivity index is 0.000000113. The van der Waals surface area contributed by atoms with Gasteiger partial charge in [0.25, 0.3) is 0 Å². The number of hydrogen-bond donors (Lipinski definition) is 6. The molecule has 135 heavy (non-hydrogen) atoms. The Morgan fingerprint density at radius 2 is 0.719 bits per heavy atom. The first-order chi connectivity index (χ1) is 64.6. The molecule has 653 valence electrons. The number of ketones is 2. The van der Waals surface area contributed by atoms with Crippen molar-refractivity contribution in [2.24, 2.45) is 0 Å². The Labute approximate surface area is 804 Å². The van der Waals surface area contributed by atoms with Crippen LogP contribution >= 0.6 is 15.9 Å². The van der Waals surface area contributed by atoms with E-state index in [0.29, 0.717) is 36.6 Å². The minimum absolute atomic E-state index is 0. The van der Waals surface area contributed by atoms with E-state index in [2.05, 4.69) is 305 Å². The average Bonchev–Trinajstić information content (AvgIpc) is 1.55. The third-order valence-electron chi connectivity index (χ3n) is 25.9. The molecule has 6 aromatic heterocycles. The average molecular weight is 1820 g/mol. The molecule has 0 saturated heterocycles. The summed E-state index contributed by atoms with van der Waals surface area (Å²) in [5, 5.41) is 31.3. The van der Waals surface area contributed by atoms with Crippen LogP contribution in [0.2, 0.25) is 0 Å². The number of fused-ring (bicyclic) bond motifs is 21. The molecular weight excluding hydrogens is 1720 g/mol. The van der Waals surface area contributed by atoms with Crippen molar-refractivity contribution >= 4 is 144 Å². The van der Waals surface area contributed by atoms with Gasteiger partial charge in [-0.05, 0) is 191 Å². The second kappa shape index (κ2) is 37.5. The quantitative estimate of drug-likeness (QED) is 0.0443. The summed E-state index contributed by atoms with van der Waals surface area (Å²) in [4.78, 5) is 51.8. The van der Waals surface area contributed by atoms with Crippen LogP contribution in [0.25, 0.3) is 182 Å². The van der Waals surface area contributed by atoms with Gasteiger partial charge in [-0.25, -0.2) is 4.98 Å². The Bertz CT molecular complexity index is 8400. The molecule has 0 aliphatic heterocycles. The second-order valence-electron chi connectivity index (χ2n) is 35.4. The fourth-order valence-electron chi connectivity index (χ4n) is 19.4. The topological polar surface area (TPSA) is 191 Å². The Hall–Kier alpha value is -15.0. The van der Waals surface area contributed by atoms with Gasteiger partial charge in [0.05, 0.1) is 22.2 Å². The standard InChI is InChI=1S/C36H26N4.C21H19NO.C21H17N.C20H15NO.C12H8BrN.C8H8BO3.CH3.Li/c1-36(2)29-19-11-9-17-25(29)27-22-32-28(21-30(27)36)26-18-10-12-20-31(26)40(32)35-38-33(23-13-5-3-6-14-23)37-34(39-35)24-15-7-4-8-16-24;1-21(2,23)18-9-5-3-7-15(18)14-11-12-17-16-8-4-6-10-19(16)22-20(17)13-14;1-21(2)17-9-5-3-7-13(17)15-12-20-16(11-18(15)21)14-8-4-6-10-19(14)22-20;1-13(22)15-6-2-3-7-16(15)14-10-11-18-17-8-4-5-9-19(17)21-20(18)12-14;13-8-5-6-10-9-3-1-2-4-11(9)14-12(10)7-8;1-6(10)7-4-2-3-5-8(7)12-9-11;;/h3-22H,1-2H3;3-13,22-23H,1-2H3;3-12,22H,1-2H3;2-12,21H,1H3;1-7,14H;2-5,11H,1H3;1H3;/q;;;;;;-1;+1. The van der Waals surface area contributed by atoms with E-state index in [9.17, 15) is 14.7 Å². The first kappa shape index (κ1) is 90.5. The summed E-state index contributed by atoms with van der Waals surface area (Å²) in [6, 6.07) is 131. The molecule has 17 aromatic carbocycles. The van der Waals surface area contributed by atoms with Crippen molar-refractivity contribution in [3.05, 3.63) is 433 Å². The number of rotatable bonds is 10. The molecule has 6 N–H and O–H groups in total. The van der Waals surface area contributed by atoms with Crippen molar-refractivity contribution in [1.82, 2.24) is 39.5 Å². The van der Waals surface area contributed by atoms with Crippen molar-refractivity contribution in [3.63, 3.8) is 0 Å². The van der Waals surface area contributed by atoms with Crippen molar-refractivity contribution in [3.8, 4) is 79.0 Å². The molecule has 0 unspecified atom stereocenters. The zero-order valence-electron chi connectivity index (χ0n) is 76.7. The van der Waals surface area contributed by atoms with Crippen LogP contribution < -0.4 is 23.5 Å². The van der Waals surface area contributed by atoms with Crippen molar-refractivity contribution in [1.29, 1.82) is 0 Å². The van der Waals surface area contributed by atoms with Crippen molar-refractivity contribution in [2.45, 2.75) is 71.8 Å². The van der Waals surface area contributed by atoms with Crippen LogP contribution in [0.15, 0.2) is 387 Å². The minimum atomic E-state index is -0.869. The fraction of sp³-hybridized carbons (Fsp3) is 0.0924. The number of aromatic nitrogens is 8.